The molecule has 3 aromatic rings. The number of methoxy groups -OCH3 is 1. The van der Waals surface area contributed by atoms with Crippen molar-refractivity contribution in [3.05, 3.63) is 40.7 Å². The molecule has 0 atom stereocenters. The minimum absolute atomic E-state index is 0.0185. The lowest BCUT2D eigenvalue weighted by atomic mass is 10.3. The van der Waals surface area contributed by atoms with E-state index in [1.165, 1.54) is 7.11 Å². The first kappa shape index (κ1) is 21.0. The molecule has 2 amide bonds. The van der Waals surface area contributed by atoms with Crippen LogP contribution in [0.4, 0.5) is 5.13 Å². The average Bonchev–Trinajstić information content (AvgIpc) is 3.48. The largest absolute Gasteiger partial charge is 0.465 e. The van der Waals surface area contributed by atoms with Crippen LogP contribution in [0.15, 0.2) is 24.3 Å². The zero-order valence-corrected chi connectivity index (χ0v) is 18.2. The summed E-state index contributed by atoms with van der Waals surface area (Å²) in [5.41, 5.74) is 2.02. The molecule has 162 valence electrons. The SMILES string of the molecule is COC(=O)c1sc(NC(=O)Cn2c(CC(=O)N3CCCC3)nc3ccccc32)nc1C. The summed E-state index contributed by atoms with van der Waals surface area (Å²) in [4.78, 5) is 48.3. The fourth-order valence-electron chi connectivity index (χ4n) is 3.68. The molecule has 0 saturated carbocycles. The lowest BCUT2D eigenvalue weighted by Gasteiger charge is -2.15. The van der Waals surface area contributed by atoms with Crippen LogP contribution in [0.3, 0.4) is 0 Å². The van der Waals surface area contributed by atoms with Crippen LogP contribution in [0.1, 0.15) is 34.0 Å². The van der Waals surface area contributed by atoms with Crippen molar-refractivity contribution in [3.63, 3.8) is 0 Å². The van der Waals surface area contributed by atoms with E-state index >= 15 is 0 Å². The summed E-state index contributed by atoms with van der Waals surface area (Å²) in [5, 5.41) is 3.06. The molecule has 9 nitrogen and oxygen atoms in total. The molecule has 2 aromatic heterocycles. The molecular formula is C21H23N5O4S. The number of esters is 1. The minimum Gasteiger partial charge on any atom is -0.465 e. The highest BCUT2D eigenvalue weighted by atomic mass is 32.1. The van der Waals surface area contributed by atoms with E-state index in [0.29, 0.717) is 21.5 Å². The van der Waals surface area contributed by atoms with Crippen LogP contribution in [0.25, 0.3) is 11.0 Å². The van der Waals surface area contributed by atoms with E-state index in [0.717, 1.165) is 48.3 Å². The topological polar surface area (TPSA) is 106 Å². The second-order valence-electron chi connectivity index (χ2n) is 7.34. The van der Waals surface area contributed by atoms with Gasteiger partial charge in [-0.15, -0.1) is 0 Å². The van der Waals surface area contributed by atoms with Gasteiger partial charge in [-0.3, -0.25) is 9.59 Å². The van der Waals surface area contributed by atoms with Crippen LogP contribution in [-0.4, -0.2) is 57.4 Å². The maximum atomic E-state index is 12.8. The minimum atomic E-state index is -0.487. The van der Waals surface area contributed by atoms with Gasteiger partial charge in [-0.25, -0.2) is 14.8 Å². The predicted octanol–water partition coefficient (Wildman–Crippen LogP) is 2.39. The summed E-state index contributed by atoms with van der Waals surface area (Å²) >= 11 is 1.07. The molecular weight excluding hydrogens is 418 g/mol. The van der Waals surface area contributed by atoms with Crippen molar-refractivity contribution in [1.29, 1.82) is 0 Å². The van der Waals surface area contributed by atoms with Crippen LogP contribution >= 0.6 is 11.3 Å². The highest BCUT2D eigenvalue weighted by molar-refractivity contribution is 7.17. The summed E-state index contributed by atoms with van der Waals surface area (Å²) in [6, 6.07) is 7.48. The third kappa shape index (κ3) is 4.43. The summed E-state index contributed by atoms with van der Waals surface area (Å²) < 4.78 is 6.50. The molecule has 1 N–H and O–H groups in total. The number of likely N-dealkylation sites (tertiary alicyclic amines) is 1. The monoisotopic (exact) mass is 441 g/mol. The van der Waals surface area contributed by atoms with Crippen LogP contribution in [0.5, 0.6) is 0 Å². The number of fused-ring (bicyclic) bond motifs is 1. The highest BCUT2D eigenvalue weighted by Gasteiger charge is 2.23. The summed E-state index contributed by atoms with van der Waals surface area (Å²) in [6.45, 7) is 3.20. The molecule has 0 radical (unpaired) electrons. The number of thiazole rings is 1. The molecule has 0 spiro atoms. The number of amides is 2. The van der Waals surface area contributed by atoms with E-state index in [-0.39, 0.29) is 24.8 Å². The number of hydrogen-bond acceptors (Lipinski definition) is 7. The van der Waals surface area contributed by atoms with Crippen molar-refractivity contribution in [2.75, 3.05) is 25.5 Å². The van der Waals surface area contributed by atoms with Gasteiger partial charge in [0.15, 0.2) is 5.13 Å². The van der Waals surface area contributed by atoms with Gasteiger partial charge >= 0.3 is 5.97 Å². The van der Waals surface area contributed by atoms with Gasteiger partial charge in [-0.05, 0) is 31.9 Å². The van der Waals surface area contributed by atoms with Gasteiger partial charge in [-0.1, -0.05) is 23.5 Å². The summed E-state index contributed by atoms with van der Waals surface area (Å²) in [5.74, 6) is -0.228. The van der Waals surface area contributed by atoms with Crippen molar-refractivity contribution in [1.82, 2.24) is 19.4 Å². The number of carbonyl (C=O) groups is 3. The Kier molecular flexibility index (Phi) is 5.99. The molecule has 1 aliphatic heterocycles. The first-order valence-corrected chi connectivity index (χ1v) is 10.9. The highest BCUT2D eigenvalue weighted by Crippen LogP contribution is 2.24. The number of rotatable bonds is 6. The van der Waals surface area contributed by atoms with Crippen LogP contribution in [-0.2, 0) is 27.3 Å². The van der Waals surface area contributed by atoms with Crippen molar-refractivity contribution in [2.24, 2.45) is 0 Å². The van der Waals surface area contributed by atoms with Crippen molar-refractivity contribution >= 4 is 45.3 Å². The Morgan fingerprint density at radius 3 is 2.65 bits per heavy atom. The number of aryl methyl sites for hydroxylation is 1. The second-order valence-corrected chi connectivity index (χ2v) is 8.34. The van der Waals surface area contributed by atoms with Gasteiger partial charge in [0, 0.05) is 13.1 Å². The van der Waals surface area contributed by atoms with Gasteiger partial charge in [0.25, 0.3) is 0 Å². The number of para-hydroxylation sites is 2. The van der Waals surface area contributed by atoms with Crippen LogP contribution in [0, 0.1) is 6.92 Å². The van der Waals surface area contributed by atoms with Crippen molar-refractivity contribution < 1.29 is 19.1 Å². The second kappa shape index (κ2) is 8.84. The van der Waals surface area contributed by atoms with Crippen molar-refractivity contribution in [2.45, 2.75) is 32.7 Å². The number of nitrogens with zero attached hydrogens (tertiary/aromatic N) is 4. The first-order chi connectivity index (χ1) is 15.0. The van der Waals surface area contributed by atoms with E-state index < -0.39 is 5.97 Å². The van der Waals surface area contributed by atoms with Crippen LogP contribution < -0.4 is 5.32 Å². The van der Waals surface area contributed by atoms with E-state index in [1.807, 2.05) is 29.2 Å². The molecule has 1 aromatic carbocycles. The molecule has 0 aliphatic carbocycles. The standard InChI is InChI=1S/C21H23N5O4S/c1-13-19(20(29)30-2)31-21(22-13)24-17(27)12-26-15-8-4-3-7-14(15)23-16(26)11-18(28)25-9-5-6-10-25/h3-4,7-8H,5-6,9-12H2,1-2H3,(H,22,24,27). The number of hydrogen-bond donors (Lipinski definition) is 1. The Bertz CT molecular complexity index is 1150. The van der Waals surface area contributed by atoms with Gasteiger partial charge in [-0.2, -0.15) is 0 Å². The Labute approximate surface area is 183 Å². The molecule has 0 unspecified atom stereocenters. The zero-order chi connectivity index (χ0) is 22.0. The number of benzene rings is 1. The fourth-order valence-corrected chi connectivity index (χ4v) is 4.59. The normalized spacial score (nSPS) is 13.5. The molecule has 1 fully saturated rings. The lowest BCUT2D eigenvalue weighted by molar-refractivity contribution is -0.129. The maximum Gasteiger partial charge on any atom is 0.350 e. The molecule has 3 heterocycles. The zero-order valence-electron chi connectivity index (χ0n) is 17.4. The van der Waals surface area contributed by atoms with Gasteiger partial charge < -0.3 is 19.5 Å². The molecule has 0 bridgehead atoms. The lowest BCUT2D eigenvalue weighted by Crippen LogP contribution is -2.30. The molecule has 1 aliphatic rings. The van der Waals surface area contributed by atoms with Crippen molar-refractivity contribution in [3.8, 4) is 0 Å². The van der Waals surface area contributed by atoms with E-state index in [4.69, 9.17) is 4.74 Å². The van der Waals surface area contributed by atoms with Gasteiger partial charge in [0.2, 0.25) is 11.8 Å². The quantitative estimate of drug-likeness (QED) is 0.589. The Balaban J connectivity index is 1.55. The first-order valence-electron chi connectivity index (χ1n) is 10.0. The summed E-state index contributed by atoms with van der Waals surface area (Å²) in [7, 11) is 1.30. The third-order valence-electron chi connectivity index (χ3n) is 5.22. The third-order valence-corrected chi connectivity index (χ3v) is 6.27. The van der Waals surface area contributed by atoms with E-state index in [9.17, 15) is 14.4 Å². The Hall–Kier alpha value is -3.27. The van der Waals surface area contributed by atoms with Crippen LogP contribution in [0.2, 0.25) is 0 Å². The maximum absolute atomic E-state index is 12.8. The van der Waals surface area contributed by atoms with Gasteiger partial charge in [0.05, 0.1) is 30.3 Å². The Morgan fingerprint density at radius 1 is 1.16 bits per heavy atom. The summed E-state index contributed by atoms with van der Waals surface area (Å²) in [6.07, 6.45) is 2.18. The van der Waals surface area contributed by atoms with Gasteiger partial charge in [0.1, 0.15) is 17.2 Å². The number of carbonyl (C=O) groups excluding carboxylic acids is 3. The predicted molar refractivity (Wildman–Crippen MR) is 116 cm³/mol. The number of imidazole rings is 1. The molecule has 10 heteroatoms. The smallest absolute Gasteiger partial charge is 0.350 e. The fraction of sp³-hybridized carbons (Fsp3) is 0.381. The number of nitrogens with one attached hydrogen (secondary N) is 1. The number of aromatic nitrogens is 3. The molecule has 31 heavy (non-hydrogen) atoms. The number of ether oxygens (including phenoxy) is 1. The molecule has 1 saturated heterocycles. The average molecular weight is 442 g/mol. The van der Waals surface area contributed by atoms with E-state index in [1.54, 1.807) is 11.5 Å². The molecule has 4 rings (SSSR count). The number of anilines is 1. The van der Waals surface area contributed by atoms with E-state index in [2.05, 4.69) is 15.3 Å². The Morgan fingerprint density at radius 2 is 1.90 bits per heavy atom.